The van der Waals surface area contributed by atoms with Crippen LogP contribution in [0.2, 0.25) is 5.02 Å². The molecule has 0 amide bonds. The number of nitriles is 1. The molecule has 2 unspecified atom stereocenters. The lowest BCUT2D eigenvalue weighted by Crippen LogP contribution is -2.34. The van der Waals surface area contributed by atoms with E-state index in [1.807, 2.05) is 50.2 Å². The Bertz CT molecular complexity index is 1060. The third kappa shape index (κ3) is 3.99. The molecule has 7 heteroatoms. The van der Waals surface area contributed by atoms with Gasteiger partial charge in [-0.2, -0.15) is 5.26 Å². The highest BCUT2D eigenvalue weighted by atomic mass is 35.5. The third-order valence-electron chi connectivity index (χ3n) is 4.76. The van der Waals surface area contributed by atoms with Crippen molar-refractivity contribution in [3.8, 4) is 17.6 Å². The number of hydrogen-bond acceptors (Lipinski definition) is 5. The van der Waals surface area contributed by atoms with E-state index in [1.54, 1.807) is 17.0 Å². The number of aryl methyl sites for hydroxylation is 1. The van der Waals surface area contributed by atoms with Gasteiger partial charge in [-0.3, -0.25) is 0 Å². The van der Waals surface area contributed by atoms with Crippen LogP contribution < -0.4 is 4.74 Å². The zero-order chi connectivity index (χ0) is 20.4. The Kier molecular flexibility index (Phi) is 5.29. The molecule has 1 fully saturated rings. The van der Waals surface area contributed by atoms with E-state index < -0.39 is 5.79 Å². The molecule has 1 aromatic heterocycles. The molecule has 0 aliphatic carbocycles. The molecule has 6 nitrogen and oxygen atoms in total. The molecule has 148 valence electrons. The van der Waals surface area contributed by atoms with Crippen LogP contribution in [0.1, 0.15) is 23.7 Å². The average molecular weight is 410 g/mol. The van der Waals surface area contributed by atoms with Crippen LogP contribution in [-0.2, 0) is 21.8 Å². The number of aromatic nitrogens is 2. The second kappa shape index (κ2) is 7.88. The lowest BCUT2D eigenvalue weighted by Gasteiger charge is -2.30. The zero-order valence-electron chi connectivity index (χ0n) is 16.1. The monoisotopic (exact) mass is 409 g/mol. The molecule has 2 aromatic carbocycles. The molecular formula is C22H20ClN3O3. The van der Waals surface area contributed by atoms with Crippen molar-refractivity contribution in [2.24, 2.45) is 0 Å². The Morgan fingerprint density at radius 2 is 2.03 bits per heavy atom. The van der Waals surface area contributed by atoms with Gasteiger partial charge in [0.15, 0.2) is 0 Å². The summed E-state index contributed by atoms with van der Waals surface area (Å²) in [6.45, 7) is 4.64. The summed E-state index contributed by atoms with van der Waals surface area (Å²) in [7, 11) is 0. The fourth-order valence-corrected chi connectivity index (χ4v) is 3.64. The van der Waals surface area contributed by atoms with Gasteiger partial charge in [0, 0.05) is 5.56 Å². The molecular weight excluding hydrogens is 390 g/mol. The molecule has 0 saturated carbocycles. The smallest absolute Gasteiger partial charge is 0.215 e. The number of rotatable bonds is 5. The highest BCUT2D eigenvalue weighted by Gasteiger charge is 2.44. The van der Waals surface area contributed by atoms with Gasteiger partial charge in [-0.05, 0) is 44.2 Å². The standard InChI is InChI=1S/C22H20ClN3O3/c1-15-3-5-18(6-4-15)28-19-7-8-20(21(23)9-19)22(27-12-16(2)29-22)13-26-14-25-11-17(26)10-24/h3-9,11,14,16H,12-13H2,1-2H3. The number of nitrogens with zero attached hydrogens (tertiary/aromatic N) is 3. The normalized spacial score (nSPS) is 21.1. The second-order valence-corrected chi connectivity index (χ2v) is 7.47. The minimum Gasteiger partial charge on any atom is -0.457 e. The van der Waals surface area contributed by atoms with Gasteiger partial charge in [0.05, 0.1) is 36.8 Å². The Hall–Kier alpha value is -2.85. The van der Waals surface area contributed by atoms with E-state index in [0.717, 1.165) is 11.3 Å². The van der Waals surface area contributed by atoms with Crippen LogP contribution in [-0.4, -0.2) is 22.3 Å². The van der Waals surface area contributed by atoms with Crippen LogP contribution in [0.3, 0.4) is 0 Å². The Morgan fingerprint density at radius 3 is 2.69 bits per heavy atom. The van der Waals surface area contributed by atoms with E-state index in [2.05, 4.69) is 11.1 Å². The van der Waals surface area contributed by atoms with Gasteiger partial charge in [0.25, 0.3) is 0 Å². The molecule has 4 rings (SSSR count). The number of ether oxygens (including phenoxy) is 3. The number of halogens is 1. The van der Waals surface area contributed by atoms with Gasteiger partial charge < -0.3 is 18.8 Å². The molecule has 0 N–H and O–H groups in total. The molecule has 0 bridgehead atoms. The topological polar surface area (TPSA) is 69.3 Å². The van der Waals surface area contributed by atoms with Crippen molar-refractivity contribution in [2.45, 2.75) is 32.3 Å². The molecule has 2 atom stereocenters. The quantitative estimate of drug-likeness (QED) is 0.605. The molecule has 1 saturated heterocycles. The summed E-state index contributed by atoms with van der Waals surface area (Å²) in [5.41, 5.74) is 2.26. The first kappa shape index (κ1) is 19.5. The largest absolute Gasteiger partial charge is 0.457 e. The van der Waals surface area contributed by atoms with Gasteiger partial charge in [0.2, 0.25) is 5.79 Å². The molecule has 1 aliphatic heterocycles. The van der Waals surface area contributed by atoms with Crippen LogP contribution in [0.4, 0.5) is 0 Å². The van der Waals surface area contributed by atoms with Crippen molar-refractivity contribution in [1.82, 2.24) is 9.55 Å². The van der Waals surface area contributed by atoms with Crippen LogP contribution in [0.5, 0.6) is 11.5 Å². The van der Waals surface area contributed by atoms with Crippen LogP contribution >= 0.6 is 11.6 Å². The van der Waals surface area contributed by atoms with Crippen molar-refractivity contribution in [3.05, 3.63) is 76.8 Å². The van der Waals surface area contributed by atoms with Crippen LogP contribution in [0.25, 0.3) is 0 Å². The lowest BCUT2D eigenvalue weighted by molar-refractivity contribution is -0.185. The number of benzene rings is 2. The summed E-state index contributed by atoms with van der Waals surface area (Å²) in [5.74, 6) is 0.239. The molecule has 29 heavy (non-hydrogen) atoms. The van der Waals surface area contributed by atoms with Crippen molar-refractivity contribution in [2.75, 3.05) is 6.61 Å². The Labute approximate surface area is 174 Å². The maximum Gasteiger partial charge on any atom is 0.215 e. The first-order valence-electron chi connectivity index (χ1n) is 9.26. The van der Waals surface area contributed by atoms with Crippen molar-refractivity contribution < 1.29 is 14.2 Å². The van der Waals surface area contributed by atoms with Gasteiger partial charge >= 0.3 is 0 Å². The summed E-state index contributed by atoms with van der Waals surface area (Å²) in [4.78, 5) is 4.04. The third-order valence-corrected chi connectivity index (χ3v) is 5.07. The van der Waals surface area contributed by atoms with E-state index in [4.69, 9.17) is 25.8 Å². The summed E-state index contributed by atoms with van der Waals surface area (Å²) in [6, 6.07) is 15.3. The van der Waals surface area contributed by atoms with E-state index in [9.17, 15) is 5.26 Å². The Morgan fingerprint density at radius 1 is 1.28 bits per heavy atom. The molecule has 0 radical (unpaired) electrons. The molecule has 1 aliphatic rings. The second-order valence-electron chi connectivity index (χ2n) is 7.07. The van der Waals surface area contributed by atoms with E-state index in [0.29, 0.717) is 28.6 Å². The predicted octanol–water partition coefficient (Wildman–Crippen LogP) is 4.80. The highest BCUT2D eigenvalue weighted by Crippen LogP contribution is 2.41. The summed E-state index contributed by atoms with van der Waals surface area (Å²) in [5, 5.41) is 9.76. The van der Waals surface area contributed by atoms with Crippen LogP contribution in [0.15, 0.2) is 55.0 Å². The summed E-state index contributed by atoms with van der Waals surface area (Å²) >= 11 is 6.62. The van der Waals surface area contributed by atoms with Gasteiger partial charge in [-0.15, -0.1) is 0 Å². The van der Waals surface area contributed by atoms with Crippen molar-refractivity contribution in [3.63, 3.8) is 0 Å². The molecule has 2 heterocycles. The SMILES string of the molecule is Cc1ccc(Oc2ccc(C3(Cn4cncc4C#N)OCC(C)O3)c(Cl)c2)cc1. The maximum atomic E-state index is 9.30. The maximum absolute atomic E-state index is 9.30. The average Bonchev–Trinajstić information content (AvgIpc) is 3.30. The highest BCUT2D eigenvalue weighted by molar-refractivity contribution is 6.31. The minimum atomic E-state index is -1.11. The Balaban J connectivity index is 1.65. The van der Waals surface area contributed by atoms with Crippen molar-refractivity contribution >= 4 is 11.6 Å². The first-order chi connectivity index (χ1) is 14.0. The molecule has 3 aromatic rings. The zero-order valence-corrected chi connectivity index (χ0v) is 16.9. The predicted molar refractivity (Wildman–Crippen MR) is 108 cm³/mol. The van der Waals surface area contributed by atoms with Crippen LogP contribution in [0, 0.1) is 18.3 Å². The summed E-state index contributed by atoms with van der Waals surface area (Å²) < 4.78 is 19.8. The van der Waals surface area contributed by atoms with Crippen molar-refractivity contribution in [1.29, 1.82) is 5.26 Å². The summed E-state index contributed by atoms with van der Waals surface area (Å²) in [6.07, 6.45) is 2.98. The van der Waals surface area contributed by atoms with E-state index >= 15 is 0 Å². The van der Waals surface area contributed by atoms with Gasteiger partial charge in [-0.25, -0.2) is 4.98 Å². The van der Waals surface area contributed by atoms with Gasteiger partial charge in [-0.1, -0.05) is 29.3 Å². The fourth-order valence-electron chi connectivity index (χ4n) is 3.33. The van der Waals surface area contributed by atoms with E-state index in [-0.39, 0.29) is 12.6 Å². The minimum absolute atomic E-state index is 0.108. The fraction of sp³-hybridized carbons (Fsp3) is 0.273. The lowest BCUT2D eigenvalue weighted by atomic mass is 10.0. The first-order valence-corrected chi connectivity index (χ1v) is 9.63. The number of imidazole rings is 1. The molecule has 0 spiro atoms. The van der Waals surface area contributed by atoms with E-state index in [1.165, 1.54) is 6.20 Å². The number of hydrogen-bond donors (Lipinski definition) is 0. The van der Waals surface area contributed by atoms with Gasteiger partial charge in [0.1, 0.15) is 23.3 Å².